The molecular formula is C16H23N3O2. The maximum absolute atomic E-state index is 11.4. The smallest absolute Gasteiger partial charge is 0.305 e. The molecule has 0 spiro atoms. The van der Waals surface area contributed by atoms with Crippen LogP contribution in [-0.4, -0.2) is 22.1 Å². The highest BCUT2D eigenvalue weighted by molar-refractivity contribution is 5.79. The van der Waals surface area contributed by atoms with Crippen LogP contribution in [0.15, 0.2) is 18.2 Å². The Morgan fingerprint density at radius 1 is 1.43 bits per heavy atom. The van der Waals surface area contributed by atoms with Gasteiger partial charge in [0, 0.05) is 24.6 Å². The van der Waals surface area contributed by atoms with Gasteiger partial charge >= 0.3 is 5.97 Å². The number of aryl methyl sites for hydroxylation is 1. The maximum atomic E-state index is 11.4. The molecule has 0 aliphatic carbocycles. The van der Waals surface area contributed by atoms with E-state index in [1.807, 2.05) is 25.1 Å². The predicted molar refractivity (Wildman–Crippen MR) is 84.1 cm³/mol. The van der Waals surface area contributed by atoms with E-state index in [-0.39, 0.29) is 5.97 Å². The van der Waals surface area contributed by atoms with Gasteiger partial charge in [-0.3, -0.25) is 4.79 Å². The van der Waals surface area contributed by atoms with Gasteiger partial charge < -0.3 is 15.0 Å². The van der Waals surface area contributed by atoms with Crippen molar-refractivity contribution >= 4 is 22.7 Å². The second kappa shape index (κ2) is 6.61. The van der Waals surface area contributed by atoms with Crippen molar-refractivity contribution in [1.29, 1.82) is 0 Å². The number of carbonyl (C=O) groups excluding carboxylic acids is 1. The molecule has 2 N–H and O–H groups in total. The third-order valence-electron chi connectivity index (χ3n) is 3.39. The van der Waals surface area contributed by atoms with Crippen molar-refractivity contribution in [2.75, 3.05) is 12.3 Å². The highest BCUT2D eigenvalue weighted by atomic mass is 16.5. The number of nitrogens with zero attached hydrogens (tertiary/aromatic N) is 2. The number of benzene rings is 1. The highest BCUT2D eigenvalue weighted by Crippen LogP contribution is 2.24. The molecular weight excluding hydrogens is 266 g/mol. The van der Waals surface area contributed by atoms with Crippen molar-refractivity contribution in [1.82, 2.24) is 9.55 Å². The lowest BCUT2D eigenvalue weighted by atomic mass is 10.2. The lowest BCUT2D eigenvalue weighted by molar-refractivity contribution is -0.143. The van der Waals surface area contributed by atoms with Crippen LogP contribution in [0.5, 0.6) is 0 Å². The van der Waals surface area contributed by atoms with E-state index < -0.39 is 0 Å². The van der Waals surface area contributed by atoms with E-state index in [0.29, 0.717) is 24.6 Å². The maximum Gasteiger partial charge on any atom is 0.305 e. The number of aromatic nitrogens is 2. The van der Waals surface area contributed by atoms with Gasteiger partial charge in [-0.25, -0.2) is 4.98 Å². The zero-order valence-corrected chi connectivity index (χ0v) is 12.9. The van der Waals surface area contributed by atoms with Gasteiger partial charge in [0.25, 0.3) is 0 Å². The van der Waals surface area contributed by atoms with Gasteiger partial charge in [0.2, 0.25) is 0 Å². The first-order valence-corrected chi connectivity index (χ1v) is 7.44. The first kappa shape index (κ1) is 15.4. The summed E-state index contributed by atoms with van der Waals surface area (Å²) in [6.07, 6.45) is 1.18. The minimum absolute atomic E-state index is 0.141. The molecule has 5 heteroatoms. The first-order chi connectivity index (χ1) is 10.0. The topological polar surface area (TPSA) is 70.1 Å². The Labute approximate surface area is 125 Å². The third-order valence-corrected chi connectivity index (χ3v) is 3.39. The summed E-state index contributed by atoms with van der Waals surface area (Å²) >= 11 is 0. The Hall–Kier alpha value is -2.04. The number of nitrogens with two attached hydrogens (primary N) is 1. The molecule has 1 aromatic carbocycles. The zero-order valence-electron chi connectivity index (χ0n) is 12.9. The van der Waals surface area contributed by atoms with E-state index in [2.05, 4.69) is 23.4 Å². The standard InChI is InChI=1S/C16H23N3O2/c1-4-21-15(20)6-5-9-19-14-8-7-12(17)10-13(14)18-16(19)11(2)3/h7-8,10-11H,4-6,9,17H2,1-3H3. The minimum atomic E-state index is -0.141. The lowest BCUT2D eigenvalue weighted by Crippen LogP contribution is -2.09. The second-order valence-electron chi connectivity index (χ2n) is 5.43. The minimum Gasteiger partial charge on any atom is -0.466 e. The van der Waals surface area contributed by atoms with Crippen molar-refractivity contribution in [2.45, 2.75) is 46.1 Å². The van der Waals surface area contributed by atoms with Gasteiger partial charge in [0.1, 0.15) is 5.82 Å². The van der Waals surface area contributed by atoms with Gasteiger partial charge in [-0.2, -0.15) is 0 Å². The number of hydrogen-bond acceptors (Lipinski definition) is 4. The van der Waals surface area contributed by atoms with Crippen LogP contribution >= 0.6 is 0 Å². The number of rotatable bonds is 6. The van der Waals surface area contributed by atoms with Crippen LogP contribution in [0.1, 0.15) is 45.4 Å². The molecule has 2 rings (SSSR count). The molecule has 0 saturated carbocycles. The molecule has 0 amide bonds. The van der Waals surface area contributed by atoms with Crippen molar-refractivity contribution in [3.05, 3.63) is 24.0 Å². The molecule has 0 unspecified atom stereocenters. The van der Waals surface area contributed by atoms with E-state index in [9.17, 15) is 4.79 Å². The Morgan fingerprint density at radius 2 is 2.19 bits per heavy atom. The number of carbonyl (C=O) groups is 1. The summed E-state index contributed by atoms with van der Waals surface area (Å²) in [6.45, 7) is 7.25. The Bertz CT molecular complexity index is 632. The van der Waals surface area contributed by atoms with Crippen LogP contribution in [-0.2, 0) is 16.1 Å². The summed E-state index contributed by atoms with van der Waals surface area (Å²) in [7, 11) is 0. The first-order valence-electron chi connectivity index (χ1n) is 7.44. The number of fused-ring (bicyclic) bond motifs is 1. The Balaban J connectivity index is 2.20. The van der Waals surface area contributed by atoms with Crippen molar-refractivity contribution in [2.24, 2.45) is 0 Å². The predicted octanol–water partition coefficient (Wildman–Crippen LogP) is 3.09. The zero-order chi connectivity index (χ0) is 15.4. The number of hydrogen-bond donors (Lipinski definition) is 1. The Morgan fingerprint density at radius 3 is 2.86 bits per heavy atom. The lowest BCUT2D eigenvalue weighted by Gasteiger charge is -2.11. The summed E-state index contributed by atoms with van der Waals surface area (Å²) in [5, 5.41) is 0. The molecule has 1 aromatic heterocycles. The highest BCUT2D eigenvalue weighted by Gasteiger charge is 2.14. The summed E-state index contributed by atoms with van der Waals surface area (Å²) in [6, 6.07) is 5.77. The second-order valence-corrected chi connectivity index (χ2v) is 5.43. The van der Waals surface area contributed by atoms with Crippen molar-refractivity contribution in [3.8, 4) is 0 Å². The molecule has 2 aromatic rings. The van der Waals surface area contributed by atoms with E-state index in [1.54, 1.807) is 0 Å². The van der Waals surface area contributed by atoms with Crippen LogP contribution in [0.4, 0.5) is 5.69 Å². The van der Waals surface area contributed by atoms with Gasteiger partial charge in [-0.05, 0) is 31.5 Å². The van der Waals surface area contributed by atoms with E-state index in [4.69, 9.17) is 10.5 Å². The summed E-state index contributed by atoms with van der Waals surface area (Å²) in [5.41, 5.74) is 8.52. The van der Waals surface area contributed by atoms with Gasteiger partial charge in [0.05, 0.1) is 17.6 Å². The molecule has 5 nitrogen and oxygen atoms in total. The van der Waals surface area contributed by atoms with Crippen LogP contribution in [0, 0.1) is 0 Å². The SMILES string of the molecule is CCOC(=O)CCCn1c(C(C)C)nc2cc(N)ccc21. The summed E-state index contributed by atoms with van der Waals surface area (Å²) in [4.78, 5) is 16.1. The third kappa shape index (κ3) is 3.54. The monoisotopic (exact) mass is 289 g/mol. The molecule has 0 atom stereocenters. The number of esters is 1. The molecule has 21 heavy (non-hydrogen) atoms. The largest absolute Gasteiger partial charge is 0.466 e. The average molecular weight is 289 g/mol. The fourth-order valence-corrected chi connectivity index (χ4v) is 2.46. The van der Waals surface area contributed by atoms with Crippen LogP contribution in [0.25, 0.3) is 11.0 Å². The summed E-state index contributed by atoms with van der Waals surface area (Å²) < 4.78 is 7.14. The number of anilines is 1. The van der Waals surface area contributed by atoms with Crippen LogP contribution in [0.2, 0.25) is 0 Å². The number of imidazole rings is 1. The van der Waals surface area contributed by atoms with Gasteiger partial charge in [-0.15, -0.1) is 0 Å². The molecule has 0 aliphatic heterocycles. The molecule has 0 radical (unpaired) electrons. The fraction of sp³-hybridized carbons (Fsp3) is 0.500. The van der Waals surface area contributed by atoms with Crippen molar-refractivity contribution in [3.63, 3.8) is 0 Å². The normalized spacial score (nSPS) is 11.2. The summed E-state index contributed by atoms with van der Waals surface area (Å²) in [5.74, 6) is 1.21. The fourth-order valence-electron chi connectivity index (χ4n) is 2.46. The molecule has 0 fully saturated rings. The van der Waals surface area contributed by atoms with Gasteiger partial charge in [-0.1, -0.05) is 13.8 Å². The van der Waals surface area contributed by atoms with Crippen molar-refractivity contribution < 1.29 is 9.53 Å². The van der Waals surface area contributed by atoms with Crippen LogP contribution in [0.3, 0.4) is 0 Å². The average Bonchev–Trinajstić information content (AvgIpc) is 2.77. The van der Waals surface area contributed by atoms with E-state index in [0.717, 1.165) is 29.8 Å². The van der Waals surface area contributed by atoms with Crippen LogP contribution < -0.4 is 5.73 Å². The molecule has 0 saturated heterocycles. The molecule has 0 aliphatic rings. The molecule has 0 bridgehead atoms. The van der Waals surface area contributed by atoms with E-state index in [1.165, 1.54) is 0 Å². The van der Waals surface area contributed by atoms with Gasteiger partial charge in [0.15, 0.2) is 0 Å². The molecule has 114 valence electrons. The van der Waals surface area contributed by atoms with E-state index >= 15 is 0 Å². The number of nitrogen functional groups attached to an aromatic ring is 1. The quantitative estimate of drug-likeness (QED) is 0.655. The Kier molecular flexibility index (Phi) is 4.83. The number of ether oxygens (including phenoxy) is 1. The molecule has 1 heterocycles.